The van der Waals surface area contributed by atoms with Crippen LogP contribution in [0.4, 0.5) is 0 Å². The van der Waals surface area contributed by atoms with Crippen LogP contribution in [0.3, 0.4) is 0 Å². The number of H-pyrrole nitrogens is 1. The molecule has 1 amide bonds. The second-order valence-corrected chi connectivity index (χ2v) is 6.02. The van der Waals surface area contributed by atoms with E-state index >= 15 is 0 Å². The standard InChI is InChI=1S/C17H19N5O3/c1-4-5-18-13(23)8-22-12-7-10(3)9(2)6-11(12)19-14-15(22)20-17(25)21-16(14)24/h6-7H,4-5,8H2,1-3H3,(H,18,23)(H,21,24,25). The topological polar surface area (TPSA) is 110 Å². The van der Waals surface area contributed by atoms with Gasteiger partial charge in [0.05, 0.1) is 11.0 Å². The summed E-state index contributed by atoms with van der Waals surface area (Å²) < 4.78 is 1.58. The summed E-state index contributed by atoms with van der Waals surface area (Å²) in [7, 11) is 0. The normalized spacial score (nSPS) is 11.2. The summed E-state index contributed by atoms with van der Waals surface area (Å²) in [5, 5.41) is 2.79. The first-order valence-corrected chi connectivity index (χ1v) is 8.09. The predicted octanol–water partition coefficient (Wildman–Crippen LogP) is 0.728. The number of aromatic amines is 1. The van der Waals surface area contributed by atoms with Crippen molar-refractivity contribution in [1.82, 2.24) is 24.8 Å². The van der Waals surface area contributed by atoms with E-state index in [-0.39, 0.29) is 24.0 Å². The number of amides is 1. The van der Waals surface area contributed by atoms with Crippen molar-refractivity contribution in [3.63, 3.8) is 0 Å². The molecule has 0 aliphatic carbocycles. The number of aromatic nitrogens is 4. The monoisotopic (exact) mass is 341 g/mol. The fraction of sp³-hybridized carbons (Fsp3) is 0.353. The van der Waals surface area contributed by atoms with Crippen molar-refractivity contribution in [2.24, 2.45) is 0 Å². The molecule has 8 heteroatoms. The number of rotatable bonds is 4. The van der Waals surface area contributed by atoms with Gasteiger partial charge in [0.25, 0.3) is 5.56 Å². The molecule has 1 aromatic carbocycles. The van der Waals surface area contributed by atoms with Crippen LogP contribution in [0.15, 0.2) is 21.7 Å². The van der Waals surface area contributed by atoms with Gasteiger partial charge in [0.2, 0.25) is 5.91 Å². The molecule has 130 valence electrons. The SMILES string of the molecule is CCCNC(=O)Cn1c2nc(=O)[nH]c(=O)c-2nc2cc(C)c(C)cc21. The molecule has 3 rings (SSSR count). The van der Waals surface area contributed by atoms with Crippen LogP contribution in [-0.4, -0.2) is 32.0 Å². The predicted molar refractivity (Wildman–Crippen MR) is 93.8 cm³/mol. The van der Waals surface area contributed by atoms with Gasteiger partial charge in [-0.25, -0.2) is 9.78 Å². The van der Waals surface area contributed by atoms with Gasteiger partial charge in [0.15, 0.2) is 11.5 Å². The summed E-state index contributed by atoms with van der Waals surface area (Å²) >= 11 is 0. The lowest BCUT2D eigenvalue weighted by molar-refractivity contribution is -0.121. The average molecular weight is 341 g/mol. The van der Waals surface area contributed by atoms with E-state index in [0.29, 0.717) is 17.6 Å². The third kappa shape index (κ3) is 3.15. The number of carbonyl (C=O) groups is 1. The lowest BCUT2D eigenvalue weighted by Gasteiger charge is -2.17. The Kier molecular flexibility index (Phi) is 4.35. The molecule has 25 heavy (non-hydrogen) atoms. The molecule has 0 aromatic heterocycles. The van der Waals surface area contributed by atoms with Gasteiger partial charge in [-0.3, -0.25) is 14.6 Å². The molecule has 0 bridgehead atoms. The van der Waals surface area contributed by atoms with E-state index < -0.39 is 11.2 Å². The van der Waals surface area contributed by atoms with Gasteiger partial charge in [-0.05, 0) is 43.5 Å². The summed E-state index contributed by atoms with van der Waals surface area (Å²) in [6.45, 7) is 6.36. The average Bonchev–Trinajstić information content (AvgIpc) is 2.55. The Labute approximate surface area is 143 Å². The Balaban J connectivity index is 2.31. The first-order chi connectivity index (χ1) is 11.9. The Morgan fingerprint density at radius 3 is 2.64 bits per heavy atom. The molecular weight excluding hydrogens is 322 g/mol. The maximum atomic E-state index is 12.2. The number of aryl methyl sites for hydroxylation is 2. The maximum Gasteiger partial charge on any atom is 0.349 e. The van der Waals surface area contributed by atoms with E-state index in [0.717, 1.165) is 17.5 Å². The fourth-order valence-electron chi connectivity index (χ4n) is 2.67. The molecule has 2 aliphatic rings. The molecule has 2 aliphatic heterocycles. The van der Waals surface area contributed by atoms with Crippen LogP contribution >= 0.6 is 0 Å². The number of hydrogen-bond donors (Lipinski definition) is 2. The number of carbonyl (C=O) groups excluding carboxylic acids is 1. The largest absolute Gasteiger partial charge is 0.355 e. The fourth-order valence-corrected chi connectivity index (χ4v) is 2.67. The number of hydrogen-bond acceptors (Lipinski definition) is 5. The number of fused-ring (bicyclic) bond motifs is 2. The Morgan fingerprint density at radius 1 is 1.20 bits per heavy atom. The highest BCUT2D eigenvalue weighted by molar-refractivity contribution is 5.84. The van der Waals surface area contributed by atoms with Gasteiger partial charge in [-0.1, -0.05) is 6.92 Å². The highest BCUT2D eigenvalue weighted by atomic mass is 16.2. The van der Waals surface area contributed by atoms with Crippen LogP contribution in [0.25, 0.3) is 22.6 Å². The quantitative estimate of drug-likeness (QED) is 0.680. The summed E-state index contributed by atoms with van der Waals surface area (Å²) in [4.78, 5) is 46.4. The Morgan fingerprint density at radius 2 is 1.92 bits per heavy atom. The van der Waals surface area contributed by atoms with Crippen molar-refractivity contribution in [3.05, 3.63) is 44.1 Å². The lowest BCUT2D eigenvalue weighted by Crippen LogP contribution is -2.33. The number of nitrogens with zero attached hydrogens (tertiary/aromatic N) is 3. The molecular formula is C17H19N5O3. The van der Waals surface area contributed by atoms with Crippen molar-refractivity contribution >= 4 is 16.9 Å². The molecule has 0 saturated heterocycles. The van der Waals surface area contributed by atoms with Crippen LogP contribution in [0, 0.1) is 13.8 Å². The maximum absolute atomic E-state index is 12.2. The minimum Gasteiger partial charge on any atom is -0.355 e. The Bertz CT molecular complexity index is 1050. The molecule has 8 nitrogen and oxygen atoms in total. The van der Waals surface area contributed by atoms with Crippen LogP contribution < -0.4 is 16.6 Å². The van der Waals surface area contributed by atoms with E-state index in [1.807, 2.05) is 32.9 Å². The van der Waals surface area contributed by atoms with Crippen molar-refractivity contribution in [2.45, 2.75) is 33.7 Å². The van der Waals surface area contributed by atoms with Gasteiger partial charge >= 0.3 is 5.69 Å². The third-order valence-corrected chi connectivity index (χ3v) is 4.10. The van der Waals surface area contributed by atoms with Crippen molar-refractivity contribution < 1.29 is 4.79 Å². The number of benzene rings is 1. The summed E-state index contributed by atoms with van der Waals surface area (Å²) in [6.07, 6.45) is 0.815. The summed E-state index contributed by atoms with van der Waals surface area (Å²) in [5.41, 5.74) is 1.93. The zero-order valence-electron chi connectivity index (χ0n) is 14.3. The van der Waals surface area contributed by atoms with Gasteiger partial charge in [0.1, 0.15) is 6.54 Å². The van der Waals surface area contributed by atoms with Gasteiger partial charge in [0, 0.05) is 6.54 Å². The van der Waals surface area contributed by atoms with Crippen LogP contribution in [0.5, 0.6) is 0 Å². The van der Waals surface area contributed by atoms with E-state index in [2.05, 4.69) is 20.3 Å². The van der Waals surface area contributed by atoms with Crippen molar-refractivity contribution in [2.75, 3.05) is 6.54 Å². The first kappa shape index (κ1) is 16.8. The zero-order valence-corrected chi connectivity index (χ0v) is 14.3. The molecule has 2 N–H and O–H groups in total. The molecule has 0 fully saturated rings. The summed E-state index contributed by atoms with van der Waals surface area (Å²) in [6, 6.07) is 3.74. The Hall–Kier alpha value is -3.03. The van der Waals surface area contributed by atoms with Gasteiger partial charge in [-0.15, -0.1) is 0 Å². The lowest BCUT2D eigenvalue weighted by atomic mass is 10.1. The van der Waals surface area contributed by atoms with Gasteiger partial charge in [-0.2, -0.15) is 4.98 Å². The minimum atomic E-state index is -0.759. The highest BCUT2D eigenvalue weighted by Crippen LogP contribution is 2.23. The molecule has 0 atom stereocenters. The van der Waals surface area contributed by atoms with E-state index in [4.69, 9.17) is 0 Å². The molecule has 0 unspecified atom stereocenters. The second-order valence-electron chi connectivity index (χ2n) is 6.02. The van der Waals surface area contributed by atoms with E-state index in [1.165, 1.54) is 0 Å². The molecule has 0 saturated carbocycles. The first-order valence-electron chi connectivity index (χ1n) is 8.09. The van der Waals surface area contributed by atoms with Gasteiger partial charge < -0.3 is 9.88 Å². The molecule has 0 spiro atoms. The molecule has 1 aromatic rings. The summed E-state index contributed by atoms with van der Waals surface area (Å²) in [5.74, 6) is -0.107. The van der Waals surface area contributed by atoms with E-state index in [1.54, 1.807) is 4.57 Å². The van der Waals surface area contributed by atoms with Crippen molar-refractivity contribution in [1.29, 1.82) is 0 Å². The number of nitrogens with one attached hydrogen (secondary N) is 2. The molecule has 0 radical (unpaired) electrons. The van der Waals surface area contributed by atoms with E-state index in [9.17, 15) is 14.4 Å². The smallest absolute Gasteiger partial charge is 0.349 e. The second kappa shape index (κ2) is 6.46. The van der Waals surface area contributed by atoms with Crippen LogP contribution in [-0.2, 0) is 11.3 Å². The van der Waals surface area contributed by atoms with Crippen LogP contribution in [0.1, 0.15) is 24.5 Å². The highest BCUT2D eigenvalue weighted by Gasteiger charge is 2.20. The molecule has 2 heterocycles. The minimum absolute atomic E-state index is 0.0404. The zero-order chi connectivity index (χ0) is 18.1. The van der Waals surface area contributed by atoms with Crippen LogP contribution in [0.2, 0.25) is 0 Å². The van der Waals surface area contributed by atoms with Crippen molar-refractivity contribution in [3.8, 4) is 11.5 Å². The third-order valence-electron chi connectivity index (χ3n) is 4.10.